The number of hydrogen-bond donors (Lipinski definition) is 2. The fourth-order valence-corrected chi connectivity index (χ4v) is 2.00. The molecule has 0 saturated heterocycles. The minimum absolute atomic E-state index is 0.127. The summed E-state index contributed by atoms with van der Waals surface area (Å²) in [5.74, 6) is -0.313. The molecule has 108 valence electrons. The zero-order valence-electron chi connectivity index (χ0n) is 11.1. The number of Topliss-reactive ketones (excluding diaryl/α,β-unsaturated/α-hetero) is 1. The molecule has 1 unspecified atom stereocenters. The van der Waals surface area contributed by atoms with Gasteiger partial charge in [0.15, 0.2) is 5.78 Å². The Hall–Kier alpha value is -2.73. The van der Waals surface area contributed by atoms with Crippen molar-refractivity contribution in [1.29, 1.82) is 0 Å². The van der Waals surface area contributed by atoms with Gasteiger partial charge in [-0.3, -0.25) is 14.9 Å². The molecule has 0 amide bonds. The van der Waals surface area contributed by atoms with Crippen LogP contribution >= 0.6 is 0 Å². The van der Waals surface area contributed by atoms with E-state index < -0.39 is 11.0 Å². The van der Waals surface area contributed by atoms with Crippen molar-refractivity contribution in [2.45, 2.75) is 12.5 Å². The lowest BCUT2D eigenvalue weighted by atomic mass is 9.99. The standard InChI is InChI=1S/C15H14N2O4/c16-13-7-2-1-6-12(13)15(19)9-14(18)10-4-3-5-11(8-10)17(20)21/h1-8,14,18H,9,16H2. The molecule has 6 heteroatoms. The summed E-state index contributed by atoms with van der Waals surface area (Å²) < 4.78 is 0. The van der Waals surface area contributed by atoms with E-state index >= 15 is 0 Å². The molecule has 0 radical (unpaired) electrons. The Morgan fingerprint density at radius 2 is 1.95 bits per heavy atom. The molecular weight excluding hydrogens is 272 g/mol. The van der Waals surface area contributed by atoms with Crippen LogP contribution in [0.4, 0.5) is 11.4 Å². The van der Waals surface area contributed by atoms with E-state index in [0.29, 0.717) is 16.8 Å². The Morgan fingerprint density at radius 1 is 1.24 bits per heavy atom. The molecule has 1 atom stereocenters. The largest absolute Gasteiger partial charge is 0.398 e. The number of hydrogen-bond acceptors (Lipinski definition) is 5. The van der Waals surface area contributed by atoms with E-state index in [1.165, 1.54) is 18.2 Å². The van der Waals surface area contributed by atoms with Gasteiger partial charge in [0, 0.05) is 29.8 Å². The molecule has 0 aliphatic rings. The highest BCUT2D eigenvalue weighted by molar-refractivity contribution is 6.00. The quantitative estimate of drug-likeness (QED) is 0.380. The van der Waals surface area contributed by atoms with Crippen LogP contribution < -0.4 is 5.73 Å². The number of benzene rings is 2. The Kier molecular flexibility index (Phi) is 4.30. The van der Waals surface area contributed by atoms with Crippen molar-refractivity contribution in [2.75, 3.05) is 5.73 Å². The van der Waals surface area contributed by atoms with Gasteiger partial charge in [-0.1, -0.05) is 24.3 Å². The smallest absolute Gasteiger partial charge is 0.269 e. The molecule has 2 rings (SSSR count). The van der Waals surface area contributed by atoms with Gasteiger partial charge >= 0.3 is 0 Å². The number of aliphatic hydroxyl groups is 1. The summed E-state index contributed by atoms with van der Waals surface area (Å²) in [4.78, 5) is 22.3. The van der Waals surface area contributed by atoms with Crippen LogP contribution in [0.2, 0.25) is 0 Å². The van der Waals surface area contributed by atoms with Crippen LogP contribution in [0.15, 0.2) is 48.5 Å². The fraction of sp³-hybridized carbons (Fsp3) is 0.133. The van der Waals surface area contributed by atoms with Gasteiger partial charge in [-0.25, -0.2) is 0 Å². The second kappa shape index (κ2) is 6.15. The van der Waals surface area contributed by atoms with Gasteiger partial charge in [-0.2, -0.15) is 0 Å². The molecule has 0 fully saturated rings. The fourth-order valence-electron chi connectivity index (χ4n) is 2.00. The summed E-state index contributed by atoms with van der Waals surface area (Å²) in [5, 5.41) is 20.8. The Morgan fingerprint density at radius 3 is 2.62 bits per heavy atom. The molecule has 6 nitrogen and oxygen atoms in total. The normalized spacial score (nSPS) is 11.9. The first kappa shape index (κ1) is 14.7. The predicted octanol–water partition coefficient (Wildman–Crippen LogP) is 2.48. The number of aliphatic hydroxyl groups excluding tert-OH is 1. The Balaban J connectivity index is 2.16. The summed E-state index contributed by atoms with van der Waals surface area (Å²) >= 11 is 0. The van der Waals surface area contributed by atoms with Gasteiger partial charge in [0.05, 0.1) is 11.0 Å². The van der Waals surface area contributed by atoms with Gasteiger partial charge in [0.2, 0.25) is 0 Å². The Labute approximate surface area is 121 Å². The number of rotatable bonds is 5. The molecule has 0 heterocycles. The van der Waals surface area contributed by atoms with E-state index in [4.69, 9.17) is 5.73 Å². The third kappa shape index (κ3) is 3.43. The molecule has 0 bridgehead atoms. The highest BCUT2D eigenvalue weighted by atomic mass is 16.6. The number of carbonyl (C=O) groups is 1. The highest BCUT2D eigenvalue weighted by Crippen LogP contribution is 2.24. The van der Waals surface area contributed by atoms with Gasteiger partial charge in [0.1, 0.15) is 0 Å². The number of ketones is 1. The van der Waals surface area contributed by atoms with Crippen LogP contribution in [0, 0.1) is 10.1 Å². The number of non-ortho nitro benzene ring substituents is 1. The van der Waals surface area contributed by atoms with Crippen LogP contribution in [-0.2, 0) is 0 Å². The molecule has 0 aliphatic carbocycles. The second-order valence-electron chi connectivity index (χ2n) is 4.58. The van der Waals surface area contributed by atoms with Crippen LogP contribution in [0.1, 0.15) is 28.4 Å². The molecule has 2 aromatic carbocycles. The average molecular weight is 286 g/mol. The van der Waals surface area contributed by atoms with E-state index in [-0.39, 0.29) is 17.9 Å². The van der Waals surface area contributed by atoms with Crippen molar-refractivity contribution in [3.63, 3.8) is 0 Å². The number of nitro benzene ring substituents is 1. The maximum Gasteiger partial charge on any atom is 0.269 e. The first-order valence-electron chi connectivity index (χ1n) is 6.29. The van der Waals surface area contributed by atoms with E-state index in [2.05, 4.69) is 0 Å². The van der Waals surface area contributed by atoms with Crippen molar-refractivity contribution >= 4 is 17.2 Å². The number of nitrogens with two attached hydrogens (primary N) is 1. The van der Waals surface area contributed by atoms with Crippen molar-refractivity contribution in [1.82, 2.24) is 0 Å². The highest BCUT2D eigenvalue weighted by Gasteiger charge is 2.18. The van der Waals surface area contributed by atoms with E-state index in [9.17, 15) is 20.0 Å². The third-order valence-corrected chi connectivity index (χ3v) is 3.11. The van der Waals surface area contributed by atoms with Crippen LogP contribution in [-0.4, -0.2) is 15.8 Å². The first-order valence-corrected chi connectivity index (χ1v) is 6.29. The number of para-hydroxylation sites is 1. The molecule has 0 aliphatic heterocycles. The zero-order chi connectivity index (χ0) is 15.4. The maximum atomic E-state index is 12.1. The number of nitrogen functional groups attached to an aromatic ring is 1. The molecule has 0 spiro atoms. The SMILES string of the molecule is Nc1ccccc1C(=O)CC(O)c1cccc([N+](=O)[O-])c1. The van der Waals surface area contributed by atoms with Crippen molar-refractivity contribution in [3.8, 4) is 0 Å². The lowest BCUT2D eigenvalue weighted by molar-refractivity contribution is -0.385. The molecule has 2 aromatic rings. The van der Waals surface area contributed by atoms with Crippen LogP contribution in [0.5, 0.6) is 0 Å². The lowest BCUT2D eigenvalue weighted by Gasteiger charge is -2.11. The van der Waals surface area contributed by atoms with Crippen LogP contribution in [0.25, 0.3) is 0 Å². The first-order chi connectivity index (χ1) is 9.99. The van der Waals surface area contributed by atoms with Crippen molar-refractivity contribution < 1.29 is 14.8 Å². The number of anilines is 1. The topological polar surface area (TPSA) is 106 Å². The van der Waals surface area contributed by atoms with Gasteiger partial charge in [0.25, 0.3) is 5.69 Å². The number of carbonyl (C=O) groups excluding carboxylic acids is 1. The van der Waals surface area contributed by atoms with E-state index in [1.54, 1.807) is 30.3 Å². The third-order valence-electron chi connectivity index (χ3n) is 3.11. The molecule has 21 heavy (non-hydrogen) atoms. The lowest BCUT2D eigenvalue weighted by Crippen LogP contribution is -2.09. The molecule has 0 saturated carbocycles. The van der Waals surface area contributed by atoms with Crippen molar-refractivity contribution in [3.05, 3.63) is 69.8 Å². The summed E-state index contributed by atoms with van der Waals surface area (Å²) in [6.07, 6.45) is -1.30. The number of nitro groups is 1. The van der Waals surface area contributed by atoms with Crippen LogP contribution in [0.3, 0.4) is 0 Å². The monoisotopic (exact) mass is 286 g/mol. The summed E-state index contributed by atoms with van der Waals surface area (Å²) in [5.41, 5.74) is 6.58. The van der Waals surface area contributed by atoms with Gasteiger partial charge < -0.3 is 10.8 Å². The summed E-state index contributed by atoms with van der Waals surface area (Å²) in [6.45, 7) is 0. The summed E-state index contributed by atoms with van der Waals surface area (Å²) in [7, 11) is 0. The molecule has 3 N–H and O–H groups in total. The van der Waals surface area contributed by atoms with Gasteiger partial charge in [-0.05, 0) is 17.7 Å². The zero-order valence-corrected chi connectivity index (χ0v) is 11.1. The van der Waals surface area contributed by atoms with Gasteiger partial charge in [-0.15, -0.1) is 0 Å². The predicted molar refractivity (Wildman–Crippen MR) is 77.9 cm³/mol. The maximum absolute atomic E-state index is 12.1. The van der Waals surface area contributed by atoms with E-state index in [1.807, 2.05) is 0 Å². The number of nitrogens with zero attached hydrogens (tertiary/aromatic N) is 1. The minimum atomic E-state index is -1.11. The summed E-state index contributed by atoms with van der Waals surface area (Å²) in [6, 6.07) is 12.2. The molecule has 0 aromatic heterocycles. The van der Waals surface area contributed by atoms with Crippen molar-refractivity contribution in [2.24, 2.45) is 0 Å². The molecular formula is C15H14N2O4. The second-order valence-corrected chi connectivity index (χ2v) is 4.58. The average Bonchev–Trinajstić information content (AvgIpc) is 2.47. The Bertz CT molecular complexity index is 685. The minimum Gasteiger partial charge on any atom is -0.398 e. The van der Waals surface area contributed by atoms with E-state index in [0.717, 1.165) is 0 Å².